The summed E-state index contributed by atoms with van der Waals surface area (Å²) in [6.07, 6.45) is 0.143. The predicted octanol–water partition coefficient (Wildman–Crippen LogP) is 5.78. The smallest absolute Gasteiger partial charge is 0.243 e. The van der Waals surface area contributed by atoms with E-state index in [1.807, 2.05) is 50.2 Å². The molecule has 1 heterocycles. The summed E-state index contributed by atoms with van der Waals surface area (Å²) in [5.41, 5.74) is 8.91. The van der Waals surface area contributed by atoms with Crippen LogP contribution >= 0.6 is 23.2 Å². The van der Waals surface area contributed by atoms with Crippen LogP contribution in [0.25, 0.3) is 0 Å². The van der Waals surface area contributed by atoms with Crippen LogP contribution in [0.5, 0.6) is 11.5 Å². The molecule has 1 aliphatic heterocycles. The van der Waals surface area contributed by atoms with E-state index in [0.717, 1.165) is 16.8 Å². The molecule has 2 amide bonds. The van der Waals surface area contributed by atoms with Gasteiger partial charge in [-0.25, -0.2) is 0 Å². The van der Waals surface area contributed by atoms with Gasteiger partial charge in [0.15, 0.2) is 11.5 Å². The van der Waals surface area contributed by atoms with E-state index in [4.69, 9.17) is 32.7 Å². The van der Waals surface area contributed by atoms with Gasteiger partial charge in [-0.3, -0.25) is 20.4 Å². The maximum atomic E-state index is 12.8. The van der Waals surface area contributed by atoms with E-state index in [2.05, 4.69) is 10.9 Å². The molecule has 1 atom stereocenters. The number of anilines is 2. The third kappa shape index (κ3) is 6.22. The Labute approximate surface area is 220 Å². The highest BCUT2D eigenvalue weighted by Gasteiger charge is 2.35. The van der Waals surface area contributed by atoms with Crippen LogP contribution in [-0.4, -0.2) is 25.0 Å². The summed E-state index contributed by atoms with van der Waals surface area (Å²) in [6.45, 7) is 4.85. The molecule has 7 nitrogen and oxygen atoms in total. The van der Waals surface area contributed by atoms with E-state index in [-0.39, 0.29) is 24.8 Å². The van der Waals surface area contributed by atoms with Gasteiger partial charge >= 0.3 is 0 Å². The molecule has 1 fully saturated rings. The van der Waals surface area contributed by atoms with E-state index in [1.54, 1.807) is 29.2 Å². The minimum absolute atomic E-state index is 0.0807. The SMILES string of the molecule is CCOc1cc(NNC(=O)[C@@H]2CC(=O)N(c3ccc(C)cc3)C2)cc(Cl)c1OCc1ccc(Cl)cc1. The van der Waals surface area contributed by atoms with E-state index < -0.39 is 5.92 Å². The summed E-state index contributed by atoms with van der Waals surface area (Å²) in [5.74, 6) is 0.00544. The number of nitrogens with zero attached hydrogens (tertiary/aromatic N) is 1. The zero-order chi connectivity index (χ0) is 25.7. The van der Waals surface area contributed by atoms with Crippen LogP contribution in [0.3, 0.4) is 0 Å². The summed E-state index contributed by atoms with van der Waals surface area (Å²) in [4.78, 5) is 26.9. The van der Waals surface area contributed by atoms with Gasteiger partial charge in [-0.1, -0.05) is 53.0 Å². The second kappa shape index (κ2) is 11.5. The standard InChI is InChI=1S/C27H27Cl2N3O4/c1-3-35-24-14-21(13-23(29)26(24)36-16-18-6-8-20(28)9-7-18)30-31-27(34)19-12-25(33)32(15-19)22-10-4-17(2)5-11-22/h4-11,13-14,19,30H,3,12,15-16H2,1-2H3,(H,31,34)/t19-/m1/s1. The molecule has 0 unspecified atom stereocenters. The minimum atomic E-state index is -0.477. The van der Waals surface area contributed by atoms with Crippen LogP contribution in [-0.2, 0) is 16.2 Å². The molecule has 2 N–H and O–H groups in total. The Balaban J connectivity index is 1.39. The van der Waals surface area contributed by atoms with Crippen molar-refractivity contribution in [3.63, 3.8) is 0 Å². The number of hydrogen-bond donors (Lipinski definition) is 2. The molecule has 0 radical (unpaired) electrons. The van der Waals surface area contributed by atoms with Gasteiger partial charge in [0.25, 0.3) is 0 Å². The molecular weight excluding hydrogens is 501 g/mol. The lowest BCUT2D eigenvalue weighted by Crippen LogP contribution is -2.36. The lowest BCUT2D eigenvalue weighted by Gasteiger charge is -2.18. The number of hydrogen-bond acceptors (Lipinski definition) is 5. The van der Waals surface area contributed by atoms with Crippen molar-refractivity contribution in [1.29, 1.82) is 0 Å². The van der Waals surface area contributed by atoms with Crippen molar-refractivity contribution in [2.75, 3.05) is 23.5 Å². The van der Waals surface area contributed by atoms with Crippen molar-refractivity contribution in [2.45, 2.75) is 26.9 Å². The number of ether oxygens (including phenoxy) is 2. The number of amides is 2. The van der Waals surface area contributed by atoms with E-state index in [9.17, 15) is 9.59 Å². The van der Waals surface area contributed by atoms with Gasteiger partial charge in [0.2, 0.25) is 11.8 Å². The molecule has 188 valence electrons. The molecular formula is C27H27Cl2N3O4. The third-order valence-corrected chi connectivity index (χ3v) is 6.31. The quantitative estimate of drug-likeness (QED) is 0.345. The van der Waals surface area contributed by atoms with Crippen LogP contribution < -0.4 is 25.2 Å². The van der Waals surface area contributed by atoms with Crippen LogP contribution in [0.1, 0.15) is 24.5 Å². The second-order valence-electron chi connectivity index (χ2n) is 8.49. The number of halogens is 2. The van der Waals surface area contributed by atoms with Gasteiger partial charge in [-0.05, 0) is 49.7 Å². The van der Waals surface area contributed by atoms with E-state index >= 15 is 0 Å². The predicted molar refractivity (Wildman–Crippen MR) is 142 cm³/mol. The summed E-state index contributed by atoms with van der Waals surface area (Å²) >= 11 is 12.4. The molecule has 1 aliphatic rings. The first-order chi connectivity index (χ1) is 17.3. The normalized spacial score (nSPS) is 15.1. The molecule has 1 saturated heterocycles. The molecule has 9 heteroatoms. The Bertz CT molecular complexity index is 1230. The first-order valence-corrected chi connectivity index (χ1v) is 12.4. The van der Waals surface area contributed by atoms with Crippen LogP contribution in [0.4, 0.5) is 11.4 Å². The molecule has 36 heavy (non-hydrogen) atoms. The van der Waals surface area contributed by atoms with Gasteiger partial charge in [0.1, 0.15) is 6.61 Å². The Morgan fingerprint density at radius 2 is 1.78 bits per heavy atom. The number of aryl methyl sites for hydroxylation is 1. The number of carbonyl (C=O) groups is 2. The molecule has 0 aliphatic carbocycles. The fourth-order valence-electron chi connectivity index (χ4n) is 3.87. The number of rotatable bonds is 9. The molecule has 0 aromatic heterocycles. The van der Waals surface area contributed by atoms with Gasteiger partial charge in [0.05, 0.1) is 23.2 Å². The highest BCUT2D eigenvalue weighted by molar-refractivity contribution is 6.32. The number of carbonyl (C=O) groups excluding carboxylic acids is 2. The van der Waals surface area contributed by atoms with Crippen molar-refractivity contribution in [2.24, 2.45) is 5.92 Å². The van der Waals surface area contributed by atoms with Crippen LogP contribution in [0.2, 0.25) is 10.0 Å². The average Bonchev–Trinajstić information content (AvgIpc) is 3.25. The zero-order valence-corrected chi connectivity index (χ0v) is 21.5. The maximum absolute atomic E-state index is 12.8. The first-order valence-electron chi connectivity index (χ1n) is 11.6. The van der Waals surface area contributed by atoms with E-state index in [1.165, 1.54) is 0 Å². The summed E-state index contributed by atoms with van der Waals surface area (Å²) in [7, 11) is 0. The minimum Gasteiger partial charge on any atom is -0.490 e. The fourth-order valence-corrected chi connectivity index (χ4v) is 4.26. The fraction of sp³-hybridized carbons (Fsp3) is 0.259. The average molecular weight is 528 g/mol. The number of hydrazine groups is 1. The molecule has 0 spiro atoms. The van der Waals surface area contributed by atoms with Gasteiger partial charge < -0.3 is 14.4 Å². The molecule has 3 aromatic rings. The Kier molecular flexibility index (Phi) is 8.23. The van der Waals surface area contributed by atoms with Crippen LogP contribution in [0, 0.1) is 12.8 Å². The van der Waals surface area contributed by atoms with Gasteiger partial charge in [-0.15, -0.1) is 0 Å². The topological polar surface area (TPSA) is 79.9 Å². The summed E-state index contributed by atoms with van der Waals surface area (Å²) in [6, 6.07) is 18.3. The lowest BCUT2D eigenvalue weighted by molar-refractivity contribution is -0.125. The van der Waals surface area contributed by atoms with Gasteiger partial charge in [0, 0.05) is 29.7 Å². The van der Waals surface area contributed by atoms with Crippen molar-refractivity contribution in [3.05, 3.63) is 81.8 Å². The Hall–Kier alpha value is -3.42. The maximum Gasteiger partial charge on any atom is 0.243 e. The van der Waals surface area contributed by atoms with Gasteiger partial charge in [-0.2, -0.15) is 0 Å². The Morgan fingerprint density at radius 1 is 1.06 bits per heavy atom. The number of benzene rings is 3. The number of nitrogens with one attached hydrogen (secondary N) is 2. The largest absolute Gasteiger partial charge is 0.490 e. The Morgan fingerprint density at radius 3 is 2.47 bits per heavy atom. The first kappa shape index (κ1) is 25.7. The highest BCUT2D eigenvalue weighted by atomic mass is 35.5. The second-order valence-corrected chi connectivity index (χ2v) is 9.33. The van der Waals surface area contributed by atoms with Crippen LogP contribution in [0.15, 0.2) is 60.7 Å². The monoisotopic (exact) mass is 527 g/mol. The summed E-state index contributed by atoms with van der Waals surface area (Å²) in [5, 5.41) is 0.974. The molecule has 4 rings (SSSR count). The lowest BCUT2D eigenvalue weighted by atomic mass is 10.1. The van der Waals surface area contributed by atoms with Crippen molar-refractivity contribution in [1.82, 2.24) is 5.43 Å². The molecule has 0 saturated carbocycles. The molecule has 3 aromatic carbocycles. The third-order valence-electron chi connectivity index (χ3n) is 5.78. The molecule has 0 bridgehead atoms. The summed E-state index contributed by atoms with van der Waals surface area (Å²) < 4.78 is 11.6. The van der Waals surface area contributed by atoms with E-state index in [0.29, 0.717) is 40.4 Å². The highest BCUT2D eigenvalue weighted by Crippen LogP contribution is 2.39. The van der Waals surface area contributed by atoms with Crippen molar-refractivity contribution in [3.8, 4) is 11.5 Å². The van der Waals surface area contributed by atoms with Crippen molar-refractivity contribution >= 4 is 46.4 Å². The zero-order valence-electron chi connectivity index (χ0n) is 20.0. The van der Waals surface area contributed by atoms with Crippen molar-refractivity contribution < 1.29 is 19.1 Å².